The minimum absolute atomic E-state index is 0.339. The van der Waals surface area contributed by atoms with Gasteiger partial charge in [-0.15, -0.1) is 0 Å². The fraction of sp³-hybridized carbons (Fsp3) is 0.917. The largest absolute Gasteiger partial charge is 0.481 e. The third-order valence-electron chi connectivity index (χ3n) is 4.00. The summed E-state index contributed by atoms with van der Waals surface area (Å²) in [5.74, 6) is -0.318. The van der Waals surface area contributed by atoms with Crippen LogP contribution in [0.1, 0.15) is 39.5 Å². The highest BCUT2D eigenvalue weighted by Crippen LogP contribution is 2.39. The van der Waals surface area contributed by atoms with Gasteiger partial charge in [-0.1, -0.05) is 0 Å². The molecule has 1 saturated carbocycles. The van der Waals surface area contributed by atoms with E-state index in [0.717, 1.165) is 25.7 Å². The molecule has 0 aromatic carbocycles. The third kappa shape index (κ3) is 2.71. The zero-order valence-electron chi connectivity index (χ0n) is 10.3. The Hall–Kier alpha value is -0.570. The minimum atomic E-state index is -0.657. The zero-order valence-corrected chi connectivity index (χ0v) is 10.3. The molecule has 0 amide bonds. The number of carboxylic acids is 1. The van der Waals surface area contributed by atoms with Gasteiger partial charge in [0.15, 0.2) is 0 Å². The SMILES string of the molecule is CN(C)[C@H]1CC[C@H](C(C)(C)C(=O)O)CC1. The molecular formula is C12H23NO2. The summed E-state index contributed by atoms with van der Waals surface area (Å²) in [6, 6.07) is 0.644. The Morgan fingerprint density at radius 1 is 1.20 bits per heavy atom. The first kappa shape index (κ1) is 12.5. The van der Waals surface area contributed by atoms with Crippen molar-refractivity contribution in [2.75, 3.05) is 14.1 Å². The van der Waals surface area contributed by atoms with Crippen molar-refractivity contribution in [3.05, 3.63) is 0 Å². The molecule has 0 atom stereocenters. The van der Waals surface area contributed by atoms with Gasteiger partial charge in [0.05, 0.1) is 5.41 Å². The first-order chi connectivity index (χ1) is 6.85. The molecule has 0 aromatic rings. The van der Waals surface area contributed by atoms with Crippen molar-refractivity contribution >= 4 is 5.97 Å². The van der Waals surface area contributed by atoms with Crippen LogP contribution in [-0.2, 0) is 4.79 Å². The molecule has 0 bridgehead atoms. The Kier molecular flexibility index (Phi) is 3.77. The van der Waals surface area contributed by atoms with Crippen molar-refractivity contribution < 1.29 is 9.90 Å². The molecular weight excluding hydrogens is 190 g/mol. The molecule has 0 aliphatic heterocycles. The van der Waals surface area contributed by atoms with E-state index in [9.17, 15) is 4.79 Å². The van der Waals surface area contributed by atoms with Crippen molar-refractivity contribution in [2.24, 2.45) is 11.3 Å². The highest BCUT2D eigenvalue weighted by Gasteiger charge is 2.38. The van der Waals surface area contributed by atoms with Gasteiger partial charge in [0.25, 0.3) is 0 Å². The Bertz CT molecular complexity index is 228. The fourth-order valence-electron chi connectivity index (χ4n) is 2.49. The van der Waals surface area contributed by atoms with E-state index < -0.39 is 11.4 Å². The molecule has 0 saturated heterocycles. The van der Waals surface area contributed by atoms with Crippen LogP contribution in [0.3, 0.4) is 0 Å². The van der Waals surface area contributed by atoms with Gasteiger partial charge in [-0.25, -0.2) is 0 Å². The molecule has 0 unspecified atom stereocenters. The van der Waals surface area contributed by atoms with Gasteiger partial charge in [-0.2, -0.15) is 0 Å². The number of hydrogen-bond donors (Lipinski definition) is 1. The molecule has 3 heteroatoms. The lowest BCUT2D eigenvalue weighted by Crippen LogP contribution is -2.39. The summed E-state index contributed by atoms with van der Waals surface area (Å²) in [4.78, 5) is 13.4. The molecule has 1 N–H and O–H groups in total. The first-order valence-corrected chi connectivity index (χ1v) is 5.75. The highest BCUT2D eigenvalue weighted by molar-refractivity contribution is 5.74. The maximum Gasteiger partial charge on any atom is 0.309 e. The Balaban J connectivity index is 2.54. The molecule has 1 aliphatic carbocycles. The summed E-state index contributed by atoms with van der Waals surface area (Å²) in [5, 5.41) is 9.16. The maximum atomic E-state index is 11.1. The lowest BCUT2D eigenvalue weighted by Gasteiger charge is -2.38. The molecule has 0 heterocycles. The van der Waals surface area contributed by atoms with Crippen LogP contribution in [0.2, 0.25) is 0 Å². The van der Waals surface area contributed by atoms with Crippen molar-refractivity contribution in [1.82, 2.24) is 4.90 Å². The van der Waals surface area contributed by atoms with Gasteiger partial charge in [0.2, 0.25) is 0 Å². The highest BCUT2D eigenvalue weighted by atomic mass is 16.4. The van der Waals surface area contributed by atoms with E-state index in [4.69, 9.17) is 5.11 Å². The van der Waals surface area contributed by atoms with E-state index in [1.165, 1.54) is 0 Å². The molecule has 0 spiro atoms. The summed E-state index contributed by atoms with van der Waals surface area (Å²) >= 11 is 0. The van der Waals surface area contributed by atoms with Crippen molar-refractivity contribution in [1.29, 1.82) is 0 Å². The Labute approximate surface area is 92.5 Å². The second-order valence-corrected chi connectivity index (χ2v) is 5.50. The van der Waals surface area contributed by atoms with Gasteiger partial charge in [0, 0.05) is 6.04 Å². The van der Waals surface area contributed by atoms with Crippen LogP contribution in [0.25, 0.3) is 0 Å². The standard InChI is InChI=1S/C12H23NO2/c1-12(2,11(14)15)9-5-7-10(8-6-9)13(3)4/h9-10H,5-8H2,1-4H3,(H,14,15)/t9-,10-. The van der Waals surface area contributed by atoms with Gasteiger partial charge in [0.1, 0.15) is 0 Å². The number of aliphatic carboxylic acids is 1. The lowest BCUT2D eigenvalue weighted by atomic mass is 9.70. The summed E-state index contributed by atoms with van der Waals surface area (Å²) in [7, 11) is 4.21. The van der Waals surface area contributed by atoms with Gasteiger partial charge in [-0.3, -0.25) is 4.79 Å². The van der Waals surface area contributed by atoms with Crippen LogP contribution in [0.5, 0.6) is 0 Å². The van der Waals surface area contributed by atoms with E-state index in [-0.39, 0.29) is 0 Å². The second kappa shape index (κ2) is 4.52. The first-order valence-electron chi connectivity index (χ1n) is 5.75. The molecule has 1 rings (SSSR count). The number of carbonyl (C=O) groups is 1. The summed E-state index contributed by atoms with van der Waals surface area (Å²) in [5.41, 5.74) is -0.558. The van der Waals surface area contributed by atoms with E-state index >= 15 is 0 Å². The van der Waals surface area contributed by atoms with Gasteiger partial charge in [-0.05, 0) is 59.5 Å². The maximum absolute atomic E-state index is 11.1. The van der Waals surface area contributed by atoms with Gasteiger partial charge < -0.3 is 10.0 Å². The summed E-state index contributed by atoms with van der Waals surface area (Å²) in [6.07, 6.45) is 4.35. The lowest BCUT2D eigenvalue weighted by molar-refractivity contribution is -0.151. The normalized spacial score (nSPS) is 28.1. The average molecular weight is 213 g/mol. The molecule has 1 aliphatic rings. The number of hydrogen-bond acceptors (Lipinski definition) is 2. The smallest absolute Gasteiger partial charge is 0.309 e. The zero-order chi connectivity index (χ0) is 11.6. The molecule has 1 fully saturated rings. The number of carboxylic acid groups (broad SMARTS) is 1. The monoisotopic (exact) mass is 213 g/mol. The Morgan fingerprint density at radius 3 is 2.00 bits per heavy atom. The van der Waals surface area contributed by atoms with Crippen LogP contribution in [-0.4, -0.2) is 36.1 Å². The Morgan fingerprint density at radius 2 is 1.67 bits per heavy atom. The van der Waals surface area contributed by atoms with Gasteiger partial charge >= 0.3 is 5.97 Å². The minimum Gasteiger partial charge on any atom is -0.481 e. The number of nitrogens with zero attached hydrogens (tertiary/aromatic N) is 1. The second-order valence-electron chi connectivity index (χ2n) is 5.50. The average Bonchev–Trinajstić information content (AvgIpc) is 2.17. The van der Waals surface area contributed by atoms with E-state index in [0.29, 0.717) is 12.0 Å². The summed E-state index contributed by atoms with van der Waals surface area (Å²) < 4.78 is 0. The third-order valence-corrected chi connectivity index (χ3v) is 4.00. The molecule has 0 radical (unpaired) electrons. The predicted molar refractivity (Wildman–Crippen MR) is 60.8 cm³/mol. The van der Waals surface area contributed by atoms with Crippen LogP contribution in [0, 0.1) is 11.3 Å². The predicted octanol–water partition coefficient (Wildman–Crippen LogP) is 2.22. The van der Waals surface area contributed by atoms with Crippen LogP contribution < -0.4 is 0 Å². The molecule has 15 heavy (non-hydrogen) atoms. The van der Waals surface area contributed by atoms with Crippen molar-refractivity contribution in [3.63, 3.8) is 0 Å². The quantitative estimate of drug-likeness (QED) is 0.781. The van der Waals surface area contributed by atoms with Crippen LogP contribution >= 0.6 is 0 Å². The number of rotatable bonds is 3. The molecule has 3 nitrogen and oxygen atoms in total. The van der Waals surface area contributed by atoms with Crippen LogP contribution in [0.4, 0.5) is 0 Å². The van der Waals surface area contributed by atoms with E-state index in [1.54, 1.807) is 0 Å². The topological polar surface area (TPSA) is 40.5 Å². The van der Waals surface area contributed by atoms with Crippen LogP contribution in [0.15, 0.2) is 0 Å². The summed E-state index contributed by atoms with van der Waals surface area (Å²) in [6.45, 7) is 3.71. The van der Waals surface area contributed by atoms with E-state index in [2.05, 4.69) is 19.0 Å². The van der Waals surface area contributed by atoms with Crippen molar-refractivity contribution in [3.8, 4) is 0 Å². The fourth-order valence-corrected chi connectivity index (χ4v) is 2.49. The van der Waals surface area contributed by atoms with Crippen molar-refractivity contribution in [2.45, 2.75) is 45.6 Å². The molecule has 88 valence electrons. The molecule has 0 aromatic heterocycles. The van der Waals surface area contributed by atoms with E-state index in [1.807, 2.05) is 13.8 Å².